The highest BCUT2D eigenvalue weighted by Gasteiger charge is 2.27. The number of amides is 1. The van der Waals surface area contributed by atoms with E-state index in [0.29, 0.717) is 17.1 Å². The fraction of sp³-hybridized carbons (Fsp3) is 0.320. The van der Waals surface area contributed by atoms with Gasteiger partial charge in [0, 0.05) is 39.5 Å². The zero-order valence-electron chi connectivity index (χ0n) is 16.9. The van der Waals surface area contributed by atoms with Gasteiger partial charge in [-0.3, -0.25) is 4.79 Å². The van der Waals surface area contributed by atoms with Gasteiger partial charge in [0.05, 0.1) is 6.54 Å². The largest absolute Gasteiger partial charge is 0.345 e. The van der Waals surface area contributed by atoms with Gasteiger partial charge in [0.25, 0.3) is 5.91 Å². The van der Waals surface area contributed by atoms with E-state index in [2.05, 4.69) is 68.0 Å². The number of rotatable bonds is 6. The third-order valence-electron chi connectivity index (χ3n) is 5.87. The van der Waals surface area contributed by atoms with Crippen molar-refractivity contribution in [3.8, 4) is 0 Å². The third-order valence-corrected chi connectivity index (χ3v) is 6.63. The van der Waals surface area contributed by atoms with Crippen LogP contribution in [0.1, 0.15) is 53.7 Å². The van der Waals surface area contributed by atoms with Crippen LogP contribution in [0.25, 0.3) is 0 Å². The predicted molar refractivity (Wildman–Crippen MR) is 126 cm³/mol. The Morgan fingerprint density at radius 3 is 2.53 bits per heavy atom. The number of benzene rings is 2. The molecule has 156 valence electrons. The molecule has 0 N–H and O–H groups in total. The molecule has 0 saturated heterocycles. The van der Waals surface area contributed by atoms with Crippen LogP contribution in [-0.4, -0.2) is 21.4 Å². The summed E-state index contributed by atoms with van der Waals surface area (Å²) in [5, 5.41) is 0.600. The lowest BCUT2D eigenvalue weighted by Gasteiger charge is -2.35. The molecule has 3 nitrogen and oxygen atoms in total. The summed E-state index contributed by atoms with van der Waals surface area (Å²) in [5.41, 5.74) is 3.05. The Balaban J connectivity index is 1.58. The maximum atomic E-state index is 13.5. The highest BCUT2D eigenvalue weighted by molar-refractivity contribution is 9.10. The normalized spacial score (nSPS) is 14.6. The topological polar surface area (TPSA) is 25.2 Å². The van der Waals surface area contributed by atoms with Crippen molar-refractivity contribution in [3.63, 3.8) is 0 Å². The van der Waals surface area contributed by atoms with E-state index in [1.54, 1.807) is 6.07 Å². The lowest BCUT2D eigenvalue weighted by molar-refractivity contribution is 0.0608. The lowest BCUT2D eigenvalue weighted by atomic mass is 9.93. The molecule has 3 aromatic rings. The van der Waals surface area contributed by atoms with E-state index in [0.717, 1.165) is 29.6 Å². The fourth-order valence-electron chi connectivity index (χ4n) is 4.26. The minimum Gasteiger partial charge on any atom is -0.345 e. The van der Waals surface area contributed by atoms with Gasteiger partial charge in [0.2, 0.25) is 0 Å². The maximum absolute atomic E-state index is 13.5. The van der Waals surface area contributed by atoms with Crippen molar-refractivity contribution in [2.75, 3.05) is 0 Å². The summed E-state index contributed by atoms with van der Waals surface area (Å²) in [6, 6.07) is 20.2. The second-order valence-corrected chi connectivity index (χ2v) is 9.34. The van der Waals surface area contributed by atoms with Crippen LogP contribution in [0.15, 0.2) is 71.3 Å². The van der Waals surface area contributed by atoms with Gasteiger partial charge in [0.1, 0.15) is 0 Å². The van der Waals surface area contributed by atoms with E-state index >= 15 is 0 Å². The molecule has 0 bridgehead atoms. The Hall–Kier alpha value is -2.04. The molecule has 1 aliphatic rings. The van der Waals surface area contributed by atoms with Gasteiger partial charge in [-0.25, -0.2) is 0 Å². The van der Waals surface area contributed by atoms with Crippen LogP contribution in [0, 0.1) is 0 Å². The molecule has 0 aliphatic heterocycles. The SMILES string of the molecule is O=C(c1cccc(Cl)c1)N(Cc1cccn1Cc1ccc(Br)cc1)C1CCCCC1. The Morgan fingerprint density at radius 1 is 1.03 bits per heavy atom. The Labute approximate surface area is 191 Å². The van der Waals surface area contributed by atoms with Crippen LogP contribution < -0.4 is 0 Å². The first-order valence-electron chi connectivity index (χ1n) is 10.5. The minimum absolute atomic E-state index is 0.0702. The smallest absolute Gasteiger partial charge is 0.254 e. The summed E-state index contributed by atoms with van der Waals surface area (Å²) in [4.78, 5) is 15.6. The number of hydrogen-bond donors (Lipinski definition) is 0. The third kappa shape index (κ3) is 5.16. The van der Waals surface area contributed by atoms with E-state index in [-0.39, 0.29) is 11.9 Å². The molecule has 1 aliphatic carbocycles. The minimum atomic E-state index is 0.0702. The van der Waals surface area contributed by atoms with Crippen molar-refractivity contribution in [2.45, 2.75) is 51.2 Å². The van der Waals surface area contributed by atoms with Crippen molar-refractivity contribution in [2.24, 2.45) is 0 Å². The van der Waals surface area contributed by atoms with Gasteiger partial charge in [-0.2, -0.15) is 0 Å². The molecule has 0 radical (unpaired) electrons. The number of hydrogen-bond acceptors (Lipinski definition) is 1. The maximum Gasteiger partial charge on any atom is 0.254 e. The van der Waals surface area contributed by atoms with Crippen LogP contribution in [0.2, 0.25) is 5.02 Å². The number of carbonyl (C=O) groups excluding carboxylic acids is 1. The van der Waals surface area contributed by atoms with Crippen LogP contribution in [0.4, 0.5) is 0 Å². The van der Waals surface area contributed by atoms with Crippen LogP contribution in [0.5, 0.6) is 0 Å². The van der Waals surface area contributed by atoms with E-state index in [4.69, 9.17) is 11.6 Å². The second kappa shape index (κ2) is 9.84. The van der Waals surface area contributed by atoms with Crippen LogP contribution in [0.3, 0.4) is 0 Å². The van der Waals surface area contributed by atoms with E-state index in [9.17, 15) is 4.79 Å². The highest BCUT2D eigenvalue weighted by Crippen LogP contribution is 2.27. The van der Waals surface area contributed by atoms with E-state index < -0.39 is 0 Å². The monoisotopic (exact) mass is 484 g/mol. The molecule has 1 aromatic heterocycles. The Bertz CT molecular complexity index is 992. The molecule has 0 unspecified atom stereocenters. The number of nitrogens with zero attached hydrogens (tertiary/aromatic N) is 2. The summed E-state index contributed by atoms with van der Waals surface area (Å²) in [6.07, 6.45) is 7.86. The first-order valence-corrected chi connectivity index (χ1v) is 11.7. The molecule has 0 atom stereocenters. The zero-order valence-corrected chi connectivity index (χ0v) is 19.3. The first-order chi connectivity index (χ1) is 14.6. The summed E-state index contributed by atoms with van der Waals surface area (Å²) >= 11 is 9.67. The lowest BCUT2D eigenvalue weighted by Crippen LogP contribution is -2.41. The van der Waals surface area contributed by atoms with E-state index in [1.807, 2.05) is 18.2 Å². The molecule has 5 heteroatoms. The quantitative estimate of drug-likeness (QED) is 0.372. The first kappa shape index (κ1) is 21.2. The second-order valence-electron chi connectivity index (χ2n) is 7.99. The number of halogens is 2. The summed E-state index contributed by atoms with van der Waals surface area (Å²) in [7, 11) is 0. The van der Waals surface area contributed by atoms with Crippen LogP contribution in [-0.2, 0) is 13.1 Å². The average molecular weight is 486 g/mol. The summed E-state index contributed by atoms with van der Waals surface area (Å²) in [5.74, 6) is 0.0702. The molecule has 1 saturated carbocycles. The van der Waals surface area contributed by atoms with Gasteiger partial charge in [-0.1, -0.05) is 65.0 Å². The van der Waals surface area contributed by atoms with Crippen molar-refractivity contribution in [1.29, 1.82) is 0 Å². The van der Waals surface area contributed by atoms with Crippen molar-refractivity contribution < 1.29 is 4.79 Å². The molecule has 4 rings (SSSR count). The number of carbonyl (C=O) groups is 1. The van der Waals surface area contributed by atoms with Gasteiger partial charge in [0.15, 0.2) is 0 Å². The average Bonchev–Trinajstić information content (AvgIpc) is 3.20. The van der Waals surface area contributed by atoms with Crippen molar-refractivity contribution in [1.82, 2.24) is 9.47 Å². The zero-order chi connectivity index (χ0) is 20.9. The predicted octanol–water partition coefficient (Wildman–Crippen LogP) is 6.93. The summed E-state index contributed by atoms with van der Waals surface area (Å²) in [6.45, 7) is 1.40. The standard InChI is InChI=1S/C25H26BrClN2O/c26-21-13-11-19(12-14-21)17-28-15-5-10-24(28)18-29(23-8-2-1-3-9-23)25(30)20-6-4-7-22(27)16-20/h4-7,10-16,23H,1-3,8-9,17-18H2. The Kier molecular flexibility index (Phi) is 6.96. The van der Waals surface area contributed by atoms with Crippen molar-refractivity contribution >= 4 is 33.4 Å². The molecule has 1 fully saturated rings. The highest BCUT2D eigenvalue weighted by atomic mass is 79.9. The molecule has 0 spiro atoms. The van der Waals surface area contributed by atoms with Crippen LogP contribution >= 0.6 is 27.5 Å². The molecule has 1 heterocycles. The van der Waals surface area contributed by atoms with Gasteiger partial charge < -0.3 is 9.47 Å². The van der Waals surface area contributed by atoms with Crippen molar-refractivity contribution in [3.05, 3.63) is 93.2 Å². The van der Waals surface area contributed by atoms with E-state index in [1.165, 1.54) is 24.8 Å². The van der Waals surface area contributed by atoms with Gasteiger partial charge in [-0.15, -0.1) is 0 Å². The number of aromatic nitrogens is 1. The van der Waals surface area contributed by atoms with Gasteiger partial charge >= 0.3 is 0 Å². The molecular weight excluding hydrogens is 460 g/mol. The Morgan fingerprint density at radius 2 is 1.80 bits per heavy atom. The fourth-order valence-corrected chi connectivity index (χ4v) is 4.71. The summed E-state index contributed by atoms with van der Waals surface area (Å²) < 4.78 is 3.32. The molecule has 30 heavy (non-hydrogen) atoms. The molecular formula is C25H26BrClN2O. The van der Waals surface area contributed by atoms with Gasteiger partial charge in [-0.05, 0) is 60.9 Å². The molecule has 1 amide bonds. The molecule has 2 aromatic carbocycles.